The molecule has 6 nitrogen and oxygen atoms in total. The van der Waals surface area contributed by atoms with Gasteiger partial charge in [-0.1, -0.05) is 0 Å². The molecule has 6 heteroatoms. The van der Waals surface area contributed by atoms with E-state index in [1.165, 1.54) is 0 Å². The van der Waals surface area contributed by atoms with E-state index in [2.05, 4.69) is 5.10 Å². The molecule has 3 heterocycles. The first-order valence-electron chi connectivity index (χ1n) is 7.06. The minimum Gasteiger partial charge on any atom is -0.345 e. The zero-order valence-corrected chi connectivity index (χ0v) is 12.0. The van der Waals surface area contributed by atoms with Crippen LogP contribution in [0.25, 0.3) is 0 Å². The van der Waals surface area contributed by atoms with Gasteiger partial charge in [0.1, 0.15) is 5.69 Å². The summed E-state index contributed by atoms with van der Waals surface area (Å²) in [5.41, 5.74) is 0.238. The Morgan fingerprint density at radius 3 is 2.70 bits per heavy atom. The van der Waals surface area contributed by atoms with Crippen molar-refractivity contribution in [3.63, 3.8) is 0 Å². The molecule has 1 spiro atoms. The Bertz CT molecular complexity index is 549. The van der Waals surface area contributed by atoms with Gasteiger partial charge in [0.2, 0.25) is 5.91 Å². The number of hydrogen-bond acceptors (Lipinski definition) is 3. The van der Waals surface area contributed by atoms with Crippen LogP contribution in [-0.4, -0.2) is 58.1 Å². The Morgan fingerprint density at radius 1 is 1.30 bits per heavy atom. The van der Waals surface area contributed by atoms with E-state index in [1.807, 2.05) is 11.9 Å². The maximum atomic E-state index is 12.6. The maximum Gasteiger partial charge on any atom is 0.272 e. The van der Waals surface area contributed by atoms with E-state index >= 15 is 0 Å². The number of amides is 2. The van der Waals surface area contributed by atoms with Crippen molar-refractivity contribution >= 4 is 11.8 Å². The van der Waals surface area contributed by atoms with Gasteiger partial charge in [-0.25, -0.2) is 0 Å². The number of rotatable bonds is 1. The maximum absolute atomic E-state index is 12.6. The highest BCUT2D eigenvalue weighted by Crippen LogP contribution is 2.39. The predicted molar refractivity (Wildman–Crippen MR) is 73.0 cm³/mol. The summed E-state index contributed by atoms with van der Waals surface area (Å²) in [6.45, 7) is 2.06. The Morgan fingerprint density at radius 2 is 2.10 bits per heavy atom. The zero-order chi connectivity index (χ0) is 14.3. The van der Waals surface area contributed by atoms with Crippen LogP contribution in [-0.2, 0) is 11.8 Å². The first kappa shape index (κ1) is 13.1. The first-order chi connectivity index (χ1) is 9.53. The zero-order valence-electron chi connectivity index (χ0n) is 12.0. The molecule has 0 saturated carbocycles. The van der Waals surface area contributed by atoms with Crippen molar-refractivity contribution < 1.29 is 9.59 Å². The lowest BCUT2D eigenvalue weighted by Crippen LogP contribution is -2.49. The van der Waals surface area contributed by atoms with E-state index in [0.29, 0.717) is 12.2 Å². The summed E-state index contributed by atoms with van der Waals surface area (Å²) in [5.74, 6) is 0.173. The smallest absolute Gasteiger partial charge is 0.272 e. The fraction of sp³-hybridized carbons (Fsp3) is 0.643. The van der Waals surface area contributed by atoms with Gasteiger partial charge in [0.05, 0.1) is 5.41 Å². The Balaban J connectivity index is 1.81. The molecule has 108 valence electrons. The molecule has 0 aliphatic carbocycles. The number of nitrogens with zero attached hydrogens (tertiary/aromatic N) is 4. The minimum atomic E-state index is -0.346. The van der Waals surface area contributed by atoms with Gasteiger partial charge in [0.15, 0.2) is 0 Å². The normalized spacial score (nSPS) is 26.6. The fourth-order valence-corrected chi connectivity index (χ4v) is 3.42. The highest BCUT2D eigenvalue weighted by atomic mass is 16.2. The molecule has 1 unspecified atom stereocenters. The van der Waals surface area contributed by atoms with Crippen LogP contribution < -0.4 is 0 Å². The number of carbonyl (C=O) groups is 2. The van der Waals surface area contributed by atoms with Crippen LogP contribution in [0, 0.1) is 5.41 Å². The molecular weight excluding hydrogens is 256 g/mol. The summed E-state index contributed by atoms with van der Waals surface area (Å²) in [6, 6.07) is 1.73. The minimum absolute atomic E-state index is 0.0218. The van der Waals surface area contributed by atoms with Gasteiger partial charge in [-0.15, -0.1) is 0 Å². The SMILES string of the molecule is CN1CCC2(CCCN(C(=O)c3ccnn3C)C2)C1=O. The lowest BCUT2D eigenvalue weighted by atomic mass is 9.78. The van der Waals surface area contributed by atoms with Gasteiger partial charge in [0.25, 0.3) is 5.91 Å². The molecule has 20 heavy (non-hydrogen) atoms. The summed E-state index contributed by atoms with van der Waals surface area (Å²) < 4.78 is 1.59. The number of aromatic nitrogens is 2. The standard InChI is InChI=1S/C14H20N4O2/c1-16-9-6-14(13(16)20)5-3-8-18(10-14)12(19)11-4-7-15-17(11)2/h4,7H,3,5-6,8-10H2,1-2H3. The second-order valence-corrected chi connectivity index (χ2v) is 5.93. The van der Waals surface area contributed by atoms with Crippen molar-refractivity contribution in [1.82, 2.24) is 19.6 Å². The van der Waals surface area contributed by atoms with Crippen LogP contribution in [0.15, 0.2) is 12.3 Å². The number of piperidine rings is 1. The number of carbonyl (C=O) groups excluding carboxylic acids is 2. The van der Waals surface area contributed by atoms with E-state index in [9.17, 15) is 9.59 Å². The fourth-order valence-electron chi connectivity index (χ4n) is 3.42. The van der Waals surface area contributed by atoms with Crippen molar-refractivity contribution in [3.05, 3.63) is 18.0 Å². The van der Waals surface area contributed by atoms with Crippen LogP contribution in [0.4, 0.5) is 0 Å². The third kappa shape index (κ3) is 1.90. The van der Waals surface area contributed by atoms with Crippen molar-refractivity contribution in [1.29, 1.82) is 0 Å². The molecule has 0 radical (unpaired) electrons. The molecular formula is C14H20N4O2. The Hall–Kier alpha value is -1.85. The average Bonchev–Trinajstić information content (AvgIpc) is 2.99. The molecule has 2 saturated heterocycles. The number of likely N-dealkylation sites (tertiary alicyclic amines) is 2. The summed E-state index contributed by atoms with van der Waals surface area (Å²) in [5, 5.41) is 4.04. The van der Waals surface area contributed by atoms with Crippen LogP contribution in [0.2, 0.25) is 0 Å². The van der Waals surface area contributed by atoms with E-state index in [4.69, 9.17) is 0 Å². The second-order valence-electron chi connectivity index (χ2n) is 5.93. The van der Waals surface area contributed by atoms with Gasteiger partial charge >= 0.3 is 0 Å². The number of aryl methyl sites for hydroxylation is 1. The summed E-state index contributed by atoms with van der Waals surface area (Å²) >= 11 is 0. The van der Waals surface area contributed by atoms with E-state index in [-0.39, 0.29) is 17.2 Å². The van der Waals surface area contributed by atoms with Gasteiger partial charge in [-0.05, 0) is 25.3 Å². The number of hydrogen-bond donors (Lipinski definition) is 0. The van der Waals surface area contributed by atoms with Gasteiger partial charge in [-0.2, -0.15) is 5.10 Å². The summed E-state index contributed by atoms with van der Waals surface area (Å²) in [7, 11) is 3.61. The molecule has 2 aliphatic rings. The topological polar surface area (TPSA) is 58.4 Å². The van der Waals surface area contributed by atoms with Crippen molar-refractivity contribution in [3.8, 4) is 0 Å². The lowest BCUT2D eigenvalue weighted by Gasteiger charge is -2.38. The monoisotopic (exact) mass is 276 g/mol. The Kier molecular flexibility index (Phi) is 3.03. The molecule has 2 fully saturated rings. The van der Waals surface area contributed by atoms with Gasteiger partial charge in [-0.3, -0.25) is 14.3 Å². The van der Waals surface area contributed by atoms with Crippen molar-refractivity contribution in [2.24, 2.45) is 12.5 Å². The Labute approximate surface area is 118 Å². The lowest BCUT2D eigenvalue weighted by molar-refractivity contribution is -0.137. The molecule has 2 aliphatic heterocycles. The van der Waals surface area contributed by atoms with E-state index < -0.39 is 0 Å². The molecule has 0 N–H and O–H groups in total. The predicted octanol–water partition coefficient (Wildman–Crippen LogP) is 0.505. The van der Waals surface area contributed by atoms with E-state index in [1.54, 1.807) is 28.9 Å². The van der Waals surface area contributed by atoms with E-state index in [0.717, 1.165) is 32.4 Å². The highest BCUT2D eigenvalue weighted by molar-refractivity contribution is 5.93. The molecule has 2 amide bonds. The van der Waals surface area contributed by atoms with Crippen molar-refractivity contribution in [2.45, 2.75) is 19.3 Å². The molecule has 0 aromatic carbocycles. The van der Waals surface area contributed by atoms with Gasteiger partial charge in [0, 0.05) is 39.9 Å². The molecule has 1 aromatic rings. The average molecular weight is 276 g/mol. The summed E-state index contributed by atoms with van der Waals surface area (Å²) in [4.78, 5) is 28.5. The van der Waals surface area contributed by atoms with Crippen molar-refractivity contribution in [2.75, 3.05) is 26.7 Å². The highest BCUT2D eigenvalue weighted by Gasteiger charge is 2.48. The quantitative estimate of drug-likeness (QED) is 0.750. The first-order valence-corrected chi connectivity index (χ1v) is 7.06. The molecule has 3 rings (SSSR count). The molecule has 1 aromatic heterocycles. The van der Waals surface area contributed by atoms with Gasteiger partial charge < -0.3 is 9.80 Å². The molecule has 1 atom stereocenters. The molecule has 0 bridgehead atoms. The van der Waals surface area contributed by atoms with Crippen LogP contribution >= 0.6 is 0 Å². The third-order valence-electron chi connectivity index (χ3n) is 4.63. The van der Waals surface area contributed by atoms with Crippen LogP contribution in [0.5, 0.6) is 0 Å². The van der Waals surface area contributed by atoms with Crippen LogP contribution in [0.1, 0.15) is 29.8 Å². The van der Waals surface area contributed by atoms with Crippen LogP contribution in [0.3, 0.4) is 0 Å². The third-order valence-corrected chi connectivity index (χ3v) is 4.63. The largest absolute Gasteiger partial charge is 0.345 e. The second kappa shape index (κ2) is 4.61. The summed E-state index contributed by atoms with van der Waals surface area (Å²) in [6.07, 6.45) is 4.27.